The highest BCUT2D eigenvalue weighted by molar-refractivity contribution is 5.85. The molecule has 2 aliphatic heterocycles. The fraction of sp³-hybridized carbons (Fsp3) is 0.444. The van der Waals surface area contributed by atoms with Crippen molar-refractivity contribution >= 4 is 10.8 Å². The summed E-state index contributed by atoms with van der Waals surface area (Å²) in [5.74, 6) is 1.88. The van der Waals surface area contributed by atoms with Gasteiger partial charge in [-0.15, -0.1) is 0 Å². The quantitative estimate of drug-likeness (QED) is 0.935. The molecule has 3 atom stereocenters. The van der Waals surface area contributed by atoms with E-state index in [4.69, 9.17) is 9.47 Å². The molecule has 3 nitrogen and oxygen atoms in total. The lowest BCUT2D eigenvalue weighted by atomic mass is 10.0. The average molecular weight is 283 g/mol. The van der Waals surface area contributed by atoms with Crippen LogP contribution in [0.4, 0.5) is 0 Å². The molecule has 0 saturated carbocycles. The lowest BCUT2D eigenvalue weighted by Gasteiger charge is -2.29. The van der Waals surface area contributed by atoms with E-state index < -0.39 is 0 Å². The molecule has 0 radical (unpaired) electrons. The summed E-state index contributed by atoms with van der Waals surface area (Å²) in [5.41, 5.74) is 0. The third-order valence-electron chi connectivity index (χ3n) is 4.75. The number of rotatable bonds is 3. The predicted molar refractivity (Wildman–Crippen MR) is 84.1 cm³/mol. The van der Waals surface area contributed by atoms with Gasteiger partial charge in [0.1, 0.15) is 17.6 Å². The molecule has 2 fully saturated rings. The summed E-state index contributed by atoms with van der Waals surface area (Å²) in [7, 11) is 1.70. The lowest BCUT2D eigenvalue weighted by molar-refractivity contribution is 0.137. The highest BCUT2D eigenvalue weighted by atomic mass is 16.5. The van der Waals surface area contributed by atoms with Gasteiger partial charge in [-0.3, -0.25) is 0 Å². The monoisotopic (exact) mass is 283 g/mol. The van der Waals surface area contributed by atoms with E-state index in [0.717, 1.165) is 24.3 Å². The minimum Gasteiger partial charge on any atom is -0.497 e. The molecule has 21 heavy (non-hydrogen) atoms. The van der Waals surface area contributed by atoms with Crippen LogP contribution >= 0.6 is 0 Å². The average Bonchev–Trinajstić information content (AvgIpc) is 2.85. The molecule has 0 spiro atoms. The van der Waals surface area contributed by atoms with Crippen molar-refractivity contribution in [3.63, 3.8) is 0 Å². The van der Waals surface area contributed by atoms with Crippen LogP contribution in [0.5, 0.6) is 11.5 Å². The van der Waals surface area contributed by atoms with Crippen molar-refractivity contribution < 1.29 is 9.47 Å². The molecule has 2 bridgehead atoms. The van der Waals surface area contributed by atoms with Crippen LogP contribution in [-0.2, 0) is 0 Å². The van der Waals surface area contributed by atoms with Crippen LogP contribution in [0, 0.1) is 0 Å². The van der Waals surface area contributed by atoms with E-state index in [2.05, 4.69) is 35.6 Å². The molecular weight excluding hydrogens is 262 g/mol. The molecule has 0 amide bonds. The molecular formula is C18H21NO2. The summed E-state index contributed by atoms with van der Waals surface area (Å²) in [4.78, 5) is 0. The van der Waals surface area contributed by atoms with Crippen LogP contribution in [0.1, 0.15) is 25.7 Å². The standard InChI is InChI=1S/C18H21NO2/c1-20-16-6-2-13-9-17(7-3-12(13)8-16)21-18-10-14-4-5-15(11-18)19-14/h2-3,6-9,14-15,18-19H,4-5,10-11H2,1H3/t14-,15+,18-. The van der Waals surface area contributed by atoms with Gasteiger partial charge in [0.25, 0.3) is 0 Å². The van der Waals surface area contributed by atoms with Crippen molar-refractivity contribution in [1.29, 1.82) is 0 Å². The van der Waals surface area contributed by atoms with Gasteiger partial charge in [0.2, 0.25) is 0 Å². The molecule has 0 unspecified atom stereocenters. The summed E-state index contributed by atoms with van der Waals surface area (Å²) in [6.45, 7) is 0. The maximum absolute atomic E-state index is 6.23. The largest absolute Gasteiger partial charge is 0.497 e. The molecule has 0 aromatic heterocycles. The number of hydrogen-bond acceptors (Lipinski definition) is 3. The maximum Gasteiger partial charge on any atom is 0.120 e. The number of hydrogen-bond donors (Lipinski definition) is 1. The second kappa shape index (κ2) is 5.23. The molecule has 3 heteroatoms. The second-order valence-electron chi connectivity index (χ2n) is 6.22. The van der Waals surface area contributed by atoms with E-state index in [1.165, 1.54) is 23.6 Å². The number of fused-ring (bicyclic) bond motifs is 3. The van der Waals surface area contributed by atoms with Crippen molar-refractivity contribution in [1.82, 2.24) is 5.32 Å². The Labute approximate surface area is 125 Å². The molecule has 0 aliphatic carbocycles. The third kappa shape index (κ3) is 2.58. The highest BCUT2D eigenvalue weighted by Crippen LogP contribution is 2.31. The molecule has 4 rings (SSSR count). The van der Waals surface area contributed by atoms with Crippen molar-refractivity contribution in [2.24, 2.45) is 0 Å². The zero-order valence-corrected chi connectivity index (χ0v) is 12.3. The van der Waals surface area contributed by atoms with Gasteiger partial charge in [-0.1, -0.05) is 12.1 Å². The first-order chi connectivity index (χ1) is 10.3. The van der Waals surface area contributed by atoms with E-state index >= 15 is 0 Å². The number of ether oxygens (including phenoxy) is 2. The number of benzene rings is 2. The summed E-state index contributed by atoms with van der Waals surface area (Å²) in [5, 5.41) is 6.04. The minimum absolute atomic E-state index is 0.361. The topological polar surface area (TPSA) is 30.5 Å². The Morgan fingerprint density at radius 2 is 1.52 bits per heavy atom. The first kappa shape index (κ1) is 13.0. The van der Waals surface area contributed by atoms with E-state index in [0.29, 0.717) is 18.2 Å². The van der Waals surface area contributed by atoms with Gasteiger partial charge in [-0.05, 0) is 60.7 Å². The van der Waals surface area contributed by atoms with Crippen LogP contribution in [0.25, 0.3) is 10.8 Å². The van der Waals surface area contributed by atoms with Gasteiger partial charge in [-0.25, -0.2) is 0 Å². The van der Waals surface area contributed by atoms with Gasteiger partial charge >= 0.3 is 0 Å². The number of piperidine rings is 1. The third-order valence-corrected chi connectivity index (χ3v) is 4.75. The van der Waals surface area contributed by atoms with Crippen molar-refractivity contribution in [3.8, 4) is 11.5 Å². The van der Waals surface area contributed by atoms with Gasteiger partial charge in [0.15, 0.2) is 0 Å². The Balaban J connectivity index is 1.54. The SMILES string of the molecule is COc1ccc2cc(O[C@@H]3C[C@H]4CC[C@@H](C3)N4)ccc2c1. The molecule has 2 saturated heterocycles. The normalized spacial score (nSPS) is 27.8. The Morgan fingerprint density at radius 1 is 0.905 bits per heavy atom. The molecule has 2 aliphatic rings. The smallest absolute Gasteiger partial charge is 0.120 e. The fourth-order valence-electron chi connectivity index (χ4n) is 3.70. The van der Waals surface area contributed by atoms with Crippen LogP contribution in [0.15, 0.2) is 36.4 Å². The van der Waals surface area contributed by atoms with Crippen LogP contribution in [0.3, 0.4) is 0 Å². The first-order valence-corrected chi connectivity index (χ1v) is 7.81. The summed E-state index contributed by atoms with van der Waals surface area (Å²) in [6.07, 6.45) is 5.25. The number of methoxy groups -OCH3 is 1. The molecule has 2 aromatic carbocycles. The molecule has 1 N–H and O–H groups in total. The Kier molecular flexibility index (Phi) is 3.23. The van der Waals surface area contributed by atoms with Crippen LogP contribution in [-0.4, -0.2) is 25.3 Å². The minimum atomic E-state index is 0.361. The molecule has 2 aromatic rings. The predicted octanol–water partition coefficient (Wildman–Crippen LogP) is 3.51. The zero-order chi connectivity index (χ0) is 14.2. The van der Waals surface area contributed by atoms with Gasteiger partial charge in [-0.2, -0.15) is 0 Å². The van der Waals surface area contributed by atoms with Crippen molar-refractivity contribution in [2.45, 2.75) is 43.9 Å². The van der Waals surface area contributed by atoms with Crippen LogP contribution < -0.4 is 14.8 Å². The van der Waals surface area contributed by atoms with E-state index in [-0.39, 0.29) is 0 Å². The zero-order valence-electron chi connectivity index (χ0n) is 12.3. The maximum atomic E-state index is 6.23. The summed E-state index contributed by atoms with van der Waals surface area (Å²) >= 11 is 0. The first-order valence-electron chi connectivity index (χ1n) is 7.81. The van der Waals surface area contributed by atoms with Crippen molar-refractivity contribution in [2.75, 3.05) is 7.11 Å². The van der Waals surface area contributed by atoms with E-state index in [1.807, 2.05) is 6.07 Å². The van der Waals surface area contributed by atoms with Crippen LogP contribution in [0.2, 0.25) is 0 Å². The van der Waals surface area contributed by atoms with E-state index in [1.54, 1.807) is 7.11 Å². The molecule has 2 heterocycles. The lowest BCUT2D eigenvalue weighted by Crippen LogP contribution is -2.42. The van der Waals surface area contributed by atoms with Gasteiger partial charge in [0.05, 0.1) is 7.11 Å². The van der Waals surface area contributed by atoms with Gasteiger partial charge < -0.3 is 14.8 Å². The Morgan fingerprint density at radius 3 is 2.19 bits per heavy atom. The Hall–Kier alpha value is -1.74. The Bertz CT molecular complexity index is 643. The highest BCUT2D eigenvalue weighted by Gasteiger charge is 2.34. The number of nitrogens with one attached hydrogen (secondary N) is 1. The van der Waals surface area contributed by atoms with E-state index in [9.17, 15) is 0 Å². The van der Waals surface area contributed by atoms with Gasteiger partial charge in [0, 0.05) is 12.1 Å². The van der Waals surface area contributed by atoms with Crippen molar-refractivity contribution in [3.05, 3.63) is 36.4 Å². The second-order valence-corrected chi connectivity index (χ2v) is 6.22. The summed E-state index contributed by atoms with van der Waals surface area (Å²) < 4.78 is 11.5. The fourth-order valence-corrected chi connectivity index (χ4v) is 3.70. The molecule has 110 valence electrons. The summed E-state index contributed by atoms with van der Waals surface area (Å²) in [6, 6.07) is 13.8.